The third kappa shape index (κ3) is 1.70. The summed E-state index contributed by atoms with van der Waals surface area (Å²) in [6.07, 6.45) is 2.50. The van der Waals surface area contributed by atoms with Gasteiger partial charge in [-0.3, -0.25) is 0 Å². The molecule has 0 radical (unpaired) electrons. The van der Waals surface area contributed by atoms with E-state index in [2.05, 4.69) is 0 Å². The monoisotopic (exact) mass is 180 g/mol. The molecule has 2 rings (SSSR count). The number of nitrogens with zero attached hydrogens (tertiary/aromatic N) is 1. The first kappa shape index (κ1) is 8.63. The minimum Gasteiger partial charge on any atom is -0.444 e. The first-order chi connectivity index (χ1) is 6.18. The quantitative estimate of drug-likeness (QED) is 0.770. The molecule has 1 aromatic rings. The molecule has 1 aliphatic rings. The molecule has 1 atom stereocenters. The van der Waals surface area contributed by atoms with Crippen LogP contribution in [0.3, 0.4) is 0 Å². The van der Waals surface area contributed by atoms with Crippen LogP contribution in [0.5, 0.6) is 0 Å². The number of hydrogen-bond donors (Lipinski definition) is 1. The molecule has 3 heteroatoms. The summed E-state index contributed by atoms with van der Waals surface area (Å²) in [4.78, 5) is 1.95. The number of nitrogens with two attached hydrogens (primary N) is 1. The fourth-order valence-electron chi connectivity index (χ4n) is 1.45. The van der Waals surface area contributed by atoms with Crippen molar-refractivity contribution in [2.24, 2.45) is 11.7 Å². The highest BCUT2D eigenvalue weighted by Crippen LogP contribution is 2.40. The molecule has 1 aromatic heterocycles. The van der Waals surface area contributed by atoms with E-state index in [1.54, 1.807) is 0 Å². The van der Waals surface area contributed by atoms with Gasteiger partial charge in [0.25, 0.3) is 0 Å². The van der Waals surface area contributed by atoms with Crippen LogP contribution in [0.15, 0.2) is 16.5 Å². The van der Waals surface area contributed by atoms with E-state index < -0.39 is 0 Å². The molecule has 0 spiro atoms. The summed E-state index contributed by atoms with van der Waals surface area (Å²) in [5.74, 6) is 2.46. The van der Waals surface area contributed by atoms with Crippen molar-refractivity contribution in [1.82, 2.24) is 0 Å². The lowest BCUT2D eigenvalue weighted by molar-refractivity contribution is 0.445. The summed E-state index contributed by atoms with van der Waals surface area (Å²) in [5, 5.41) is 0. The third-order valence-corrected chi connectivity index (χ3v) is 2.51. The van der Waals surface area contributed by atoms with Crippen molar-refractivity contribution in [3.8, 4) is 0 Å². The van der Waals surface area contributed by atoms with Crippen molar-refractivity contribution in [3.05, 3.63) is 17.9 Å². The SMILES string of the molecule is CN(C)c1ccc([C@H](N)C2CC2)o1. The molecule has 3 nitrogen and oxygen atoms in total. The largest absolute Gasteiger partial charge is 0.444 e. The van der Waals surface area contributed by atoms with Gasteiger partial charge in [0.1, 0.15) is 5.76 Å². The Morgan fingerprint density at radius 2 is 2.15 bits per heavy atom. The van der Waals surface area contributed by atoms with Crippen molar-refractivity contribution in [3.63, 3.8) is 0 Å². The van der Waals surface area contributed by atoms with Crippen molar-refractivity contribution in [2.75, 3.05) is 19.0 Å². The number of rotatable bonds is 3. The molecule has 1 heterocycles. The van der Waals surface area contributed by atoms with E-state index >= 15 is 0 Å². The van der Waals surface area contributed by atoms with E-state index in [1.807, 2.05) is 31.1 Å². The zero-order valence-electron chi connectivity index (χ0n) is 8.16. The summed E-state index contributed by atoms with van der Waals surface area (Å²) in [5.41, 5.74) is 6.00. The lowest BCUT2D eigenvalue weighted by Gasteiger charge is -2.09. The Balaban J connectivity index is 2.11. The van der Waals surface area contributed by atoms with Crippen molar-refractivity contribution in [1.29, 1.82) is 0 Å². The van der Waals surface area contributed by atoms with E-state index in [0.29, 0.717) is 5.92 Å². The lowest BCUT2D eigenvalue weighted by atomic mass is 10.1. The fraction of sp³-hybridized carbons (Fsp3) is 0.600. The Labute approximate surface area is 78.5 Å². The molecule has 0 unspecified atom stereocenters. The van der Waals surface area contributed by atoms with Crippen molar-refractivity contribution >= 4 is 5.88 Å². The second-order valence-electron chi connectivity index (χ2n) is 3.93. The van der Waals surface area contributed by atoms with Crippen LogP contribution in [0.25, 0.3) is 0 Å². The van der Waals surface area contributed by atoms with Crippen LogP contribution < -0.4 is 10.6 Å². The molecule has 2 N–H and O–H groups in total. The van der Waals surface area contributed by atoms with Gasteiger partial charge in [-0.1, -0.05) is 0 Å². The number of hydrogen-bond acceptors (Lipinski definition) is 3. The molecule has 1 aliphatic carbocycles. The third-order valence-electron chi connectivity index (χ3n) is 2.51. The highest BCUT2D eigenvalue weighted by atomic mass is 16.4. The maximum absolute atomic E-state index is 6.00. The van der Waals surface area contributed by atoms with Gasteiger partial charge in [0.15, 0.2) is 5.88 Å². The van der Waals surface area contributed by atoms with Gasteiger partial charge in [-0.25, -0.2) is 0 Å². The standard InChI is InChI=1S/C10H16N2O/c1-12(2)9-6-5-8(13-9)10(11)7-3-4-7/h5-7,10H,3-4,11H2,1-2H3/t10-/m1/s1. The van der Waals surface area contributed by atoms with Crippen LogP contribution >= 0.6 is 0 Å². The minimum atomic E-state index is 0.105. The lowest BCUT2D eigenvalue weighted by Crippen LogP contribution is -2.11. The normalized spacial score (nSPS) is 18.7. The molecule has 0 aromatic carbocycles. The zero-order valence-corrected chi connectivity index (χ0v) is 8.16. The van der Waals surface area contributed by atoms with Gasteiger partial charge in [-0.2, -0.15) is 0 Å². The van der Waals surface area contributed by atoms with Crippen molar-refractivity contribution < 1.29 is 4.42 Å². The second kappa shape index (κ2) is 3.07. The summed E-state index contributed by atoms with van der Waals surface area (Å²) >= 11 is 0. The predicted molar refractivity (Wildman–Crippen MR) is 52.7 cm³/mol. The topological polar surface area (TPSA) is 42.4 Å². The molecule has 0 bridgehead atoms. The molecule has 72 valence electrons. The van der Waals surface area contributed by atoms with Crippen LogP contribution in [0.2, 0.25) is 0 Å². The van der Waals surface area contributed by atoms with Gasteiger partial charge < -0.3 is 15.1 Å². The van der Waals surface area contributed by atoms with E-state index in [1.165, 1.54) is 12.8 Å². The summed E-state index contributed by atoms with van der Waals surface area (Å²) in [6.45, 7) is 0. The minimum absolute atomic E-state index is 0.105. The highest BCUT2D eigenvalue weighted by Gasteiger charge is 2.31. The van der Waals surface area contributed by atoms with E-state index in [0.717, 1.165) is 11.6 Å². The Morgan fingerprint density at radius 1 is 1.46 bits per heavy atom. The summed E-state index contributed by atoms with van der Waals surface area (Å²) in [6, 6.07) is 4.06. The van der Waals surface area contributed by atoms with Crippen LogP contribution in [-0.4, -0.2) is 14.1 Å². The highest BCUT2D eigenvalue weighted by molar-refractivity contribution is 5.34. The zero-order chi connectivity index (χ0) is 9.42. The number of anilines is 1. The van der Waals surface area contributed by atoms with Crippen LogP contribution in [0, 0.1) is 5.92 Å². The Kier molecular flexibility index (Phi) is 2.04. The fourth-order valence-corrected chi connectivity index (χ4v) is 1.45. The smallest absolute Gasteiger partial charge is 0.195 e. The molecular weight excluding hydrogens is 164 g/mol. The van der Waals surface area contributed by atoms with Gasteiger partial charge in [0.05, 0.1) is 6.04 Å². The van der Waals surface area contributed by atoms with Gasteiger partial charge in [0.2, 0.25) is 0 Å². The maximum atomic E-state index is 6.00. The van der Waals surface area contributed by atoms with Gasteiger partial charge in [-0.15, -0.1) is 0 Å². The van der Waals surface area contributed by atoms with E-state index in [-0.39, 0.29) is 6.04 Å². The number of furan rings is 1. The Bertz CT molecular complexity index is 289. The van der Waals surface area contributed by atoms with Crippen LogP contribution in [-0.2, 0) is 0 Å². The van der Waals surface area contributed by atoms with E-state index in [4.69, 9.17) is 10.2 Å². The summed E-state index contributed by atoms with van der Waals surface area (Å²) < 4.78 is 5.61. The van der Waals surface area contributed by atoms with Gasteiger partial charge in [-0.05, 0) is 24.8 Å². The maximum Gasteiger partial charge on any atom is 0.195 e. The molecule has 0 saturated heterocycles. The van der Waals surface area contributed by atoms with E-state index in [9.17, 15) is 0 Å². The first-order valence-electron chi connectivity index (χ1n) is 4.71. The van der Waals surface area contributed by atoms with Crippen LogP contribution in [0.4, 0.5) is 5.88 Å². The molecule has 13 heavy (non-hydrogen) atoms. The van der Waals surface area contributed by atoms with Gasteiger partial charge >= 0.3 is 0 Å². The molecule has 0 aliphatic heterocycles. The first-order valence-corrected chi connectivity index (χ1v) is 4.71. The average molecular weight is 180 g/mol. The Hall–Kier alpha value is -0.960. The Morgan fingerprint density at radius 3 is 2.62 bits per heavy atom. The predicted octanol–water partition coefficient (Wildman–Crippen LogP) is 1.76. The second-order valence-corrected chi connectivity index (χ2v) is 3.93. The van der Waals surface area contributed by atoms with Crippen LogP contribution in [0.1, 0.15) is 24.6 Å². The molecule has 0 amide bonds. The molecule has 1 saturated carbocycles. The summed E-state index contributed by atoms with van der Waals surface area (Å²) in [7, 11) is 3.93. The van der Waals surface area contributed by atoms with Crippen molar-refractivity contribution in [2.45, 2.75) is 18.9 Å². The van der Waals surface area contributed by atoms with Gasteiger partial charge in [0, 0.05) is 20.2 Å². The molecular formula is C10H16N2O. The average Bonchev–Trinajstić information content (AvgIpc) is 2.81. The molecule has 1 fully saturated rings.